The van der Waals surface area contributed by atoms with Gasteiger partial charge in [0.15, 0.2) is 5.65 Å². The van der Waals surface area contributed by atoms with Crippen molar-refractivity contribution in [3.63, 3.8) is 0 Å². The van der Waals surface area contributed by atoms with Gasteiger partial charge < -0.3 is 15.1 Å². The molecule has 8 nitrogen and oxygen atoms in total. The normalized spacial score (nSPS) is 25.8. The third-order valence-electron chi connectivity index (χ3n) is 5.31. The molecule has 2 aromatic heterocycles. The number of nitrogens with zero attached hydrogens (tertiary/aromatic N) is 2. The molecule has 3 N–H and O–H groups in total. The second-order valence-corrected chi connectivity index (χ2v) is 7.75. The number of H-pyrrole nitrogens is 1. The van der Waals surface area contributed by atoms with E-state index in [2.05, 4.69) is 9.97 Å². The first-order valence-electron chi connectivity index (χ1n) is 8.67. The lowest BCUT2D eigenvalue weighted by molar-refractivity contribution is -0.0647. The van der Waals surface area contributed by atoms with Gasteiger partial charge in [0.2, 0.25) is 5.95 Å². The van der Waals surface area contributed by atoms with Gasteiger partial charge in [0, 0.05) is 0 Å². The summed E-state index contributed by atoms with van der Waals surface area (Å²) in [5, 5.41) is 0. The molecule has 2 fully saturated rings. The zero-order chi connectivity index (χ0) is 17.6. The Morgan fingerprint density at radius 2 is 2.08 bits per heavy atom. The maximum absolute atomic E-state index is 12.4. The number of aromatic amines is 1. The maximum atomic E-state index is 12.4. The van der Waals surface area contributed by atoms with Crippen LogP contribution >= 0.6 is 11.3 Å². The SMILES string of the molecule is BOC(C1CCCC1)C1CCC(n2c(=O)sc3c(=O)[nH]c(N)nc32)O1. The van der Waals surface area contributed by atoms with Gasteiger partial charge in [-0.25, -0.2) is 0 Å². The Hall–Kier alpha value is -1.65. The first-order valence-corrected chi connectivity index (χ1v) is 9.49. The second-order valence-electron chi connectivity index (χ2n) is 6.79. The molecule has 2 aromatic rings. The fourth-order valence-corrected chi connectivity index (χ4v) is 5.07. The largest absolute Gasteiger partial charge is 0.438 e. The molecule has 0 bridgehead atoms. The van der Waals surface area contributed by atoms with Crippen molar-refractivity contribution >= 4 is 35.7 Å². The third-order valence-corrected chi connectivity index (χ3v) is 6.26. The van der Waals surface area contributed by atoms with Crippen LogP contribution in [0.15, 0.2) is 9.59 Å². The number of rotatable bonds is 4. The van der Waals surface area contributed by atoms with Gasteiger partial charge in [-0.15, -0.1) is 0 Å². The number of ether oxygens (including phenoxy) is 1. The minimum Gasteiger partial charge on any atom is -0.438 e. The van der Waals surface area contributed by atoms with Crippen LogP contribution in [0, 0.1) is 5.92 Å². The zero-order valence-electron chi connectivity index (χ0n) is 14.1. The number of hydrogen-bond donors (Lipinski definition) is 2. The predicted octanol–water partition coefficient (Wildman–Crippen LogP) is 0.530. The fraction of sp³-hybridized carbons (Fsp3) is 0.667. The predicted molar refractivity (Wildman–Crippen MR) is 97.4 cm³/mol. The van der Waals surface area contributed by atoms with E-state index in [9.17, 15) is 9.59 Å². The zero-order valence-corrected chi connectivity index (χ0v) is 14.9. The molecule has 3 heterocycles. The molecule has 1 saturated heterocycles. The van der Waals surface area contributed by atoms with E-state index in [1.807, 2.05) is 0 Å². The number of hydrogen-bond acceptors (Lipinski definition) is 7. The van der Waals surface area contributed by atoms with Gasteiger partial charge in [0.25, 0.3) is 13.6 Å². The summed E-state index contributed by atoms with van der Waals surface area (Å²) in [6, 6.07) is 0. The van der Waals surface area contributed by atoms with Gasteiger partial charge in [0.1, 0.15) is 10.9 Å². The second kappa shape index (κ2) is 6.58. The van der Waals surface area contributed by atoms with E-state index in [1.165, 1.54) is 17.4 Å². The highest BCUT2D eigenvalue weighted by molar-refractivity contribution is 7.16. The Balaban J connectivity index is 1.63. The molecule has 4 rings (SSSR count). The van der Waals surface area contributed by atoms with Crippen molar-refractivity contribution in [2.24, 2.45) is 5.92 Å². The Morgan fingerprint density at radius 1 is 1.32 bits per heavy atom. The molecular formula is C15H21BN4O4S. The minimum absolute atomic E-state index is 0.000629. The number of thiazole rings is 1. The van der Waals surface area contributed by atoms with Crippen LogP contribution in [0.4, 0.5) is 5.95 Å². The molecule has 25 heavy (non-hydrogen) atoms. The molecule has 2 aliphatic rings. The number of nitrogens with two attached hydrogens (primary N) is 1. The van der Waals surface area contributed by atoms with E-state index in [4.69, 9.17) is 15.1 Å². The van der Waals surface area contributed by atoms with E-state index >= 15 is 0 Å². The quantitative estimate of drug-likeness (QED) is 0.766. The molecule has 3 atom stereocenters. The van der Waals surface area contributed by atoms with Crippen molar-refractivity contribution in [3.8, 4) is 0 Å². The van der Waals surface area contributed by atoms with Crippen LogP contribution in [-0.4, -0.2) is 34.8 Å². The van der Waals surface area contributed by atoms with Crippen molar-refractivity contribution < 1.29 is 9.39 Å². The lowest BCUT2D eigenvalue weighted by Gasteiger charge is -2.28. The van der Waals surface area contributed by atoms with Crippen LogP contribution in [0.2, 0.25) is 0 Å². The molecule has 3 unspecified atom stereocenters. The highest BCUT2D eigenvalue weighted by Crippen LogP contribution is 2.38. The van der Waals surface area contributed by atoms with Crippen LogP contribution < -0.4 is 16.2 Å². The Labute approximate surface area is 148 Å². The van der Waals surface area contributed by atoms with E-state index in [0.29, 0.717) is 18.0 Å². The molecule has 0 amide bonds. The average molecular weight is 364 g/mol. The summed E-state index contributed by atoms with van der Waals surface area (Å²) < 4.78 is 13.7. The molecule has 1 saturated carbocycles. The van der Waals surface area contributed by atoms with Crippen molar-refractivity contribution in [2.45, 2.75) is 57.0 Å². The van der Waals surface area contributed by atoms with Crippen molar-refractivity contribution in [1.82, 2.24) is 14.5 Å². The van der Waals surface area contributed by atoms with Crippen molar-refractivity contribution in [2.75, 3.05) is 5.73 Å². The summed E-state index contributed by atoms with van der Waals surface area (Å²) >= 11 is 0.876. The van der Waals surface area contributed by atoms with Crippen molar-refractivity contribution in [1.29, 1.82) is 0 Å². The molecule has 1 aliphatic carbocycles. The van der Waals surface area contributed by atoms with Crippen LogP contribution in [-0.2, 0) is 9.39 Å². The van der Waals surface area contributed by atoms with Crippen LogP contribution in [0.25, 0.3) is 10.3 Å². The minimum atomic E-state index is -0.431. The first kappa shape index (κ1) is 16.8. The average Bonchev–Trinajstić information content (AvgIpc) is 3.29. The lowest BCUT2D eigenvalue weighted by Crippen LogP contribution is -2.35. The van der Waals surface area contributed by atoms with Gasteiger partial charge in [-0.2, -0.15) is 4.98 Å². The van der Waals surface area contributed by atoms with E-state index in [-0.39, 0.29) is 27.7 Å². The smallest absolute Gasteiger partial charge is 0.311 e. The van der Waals surface area contributed by atoms with Crippen molar-refractivity contribution in [3.05, 3.63) is 20.0 Å². The highest BCUT2D eigenvalue weighted by atomic mass is 32.1. The standard InChI is InChI=1S/C15H21BN4O4S/c16-24-10(7-3-1-2-4-7)8-5-6-9(23-8)20-12-11(25-15(20)22)13(21)19-14(17)18-12/h7-10H,1-6,16H2,(H3,17,18,19,21). The number of nitrogen functional groups attached to an aromatic ring is 1. The number of nitrogens with one attached hydrogen (secondary N) is 1. The Morgan fingerprint density at radius 3 is 2.80 bits per heavy atom. The molecule has 134 valence electrons. The van der Waals surface area contributed by atoms with Gasteiger partial charge in [-0.05, 0) is 31.6 Å². The van der Waals surface area contributed by atoms with E-state index in [1.54, 1.807) is 8.05 Å². The summed E-state index contributed by atoms with van der Waals surface area (Å²) in [6.07, 6.45) is 5.89. The Bertz CT molecular complexity index is 888. The van der Waals surface area contributed by atoms with Gasteiger partial charge >= 0.3 is 4.87 Å². The highest BCUT2D eigenvalue weighted by Gasteiger charge is 2.38. The van der Waals surface area contributed by atoms with Gasteiger partial charge in [-0.3, -0.25) is 19.1 Å². The summed E-state index contributed by atoms with van der Waals surface area (Å²) in [5.74, 6) is 0.514. The molecule has 1 aliphatic heterocycles. The summed E-state index contributed by atoms with van der Waals surface area (Å²) in [6.45, 7) is 0. The molecule has 0 spiro atoms. The van der Waals surface area contributed by atoms with Gasteiger partial charge in [-0.1, -0.05) is 24.2 Å². The van der Waals surface area contributed by atoms with E-state index < -0.39 is 11.8 Å². The molecule has 0 aromatic carbocycles. The maximum Gasteiger partial charge on any atom is 0.311 e. The molecule has 0 radical (unpaired) electrons. The summed E-state index contributed by atoms with van der Waals surface area (Å²) in [7, 11) is 1.73. The van der Waals surface area contributed by atoms with Crippen LogP contribution in [0.3, 0.4) is 0 Å². The summed E-state index contributed by atoms with van der Waals surface area (Å²) in [4.78, 5) is 30.8. The monoisotopic (exact) mass is 364 g/mol. The fourth-order valence-electron chi connectivity index (χ4n) is 4.21. The molecular weight excluding hydrogens is 343 g/mol. The van der Waals surface area contributed by atoms with Crippen LogP contribution in [0.1, 0.15) is 44.8 Å². The Kier molecular flexibility index (Phi) is 4.42. The third kappa shape index (κ3) is 2.92. The van der Waals surface area contributed by atoms with E-state index in [0.717, 1.165) is 30.6 Å². The van der Waals surface area contributed by atoms with Crippen LogP contribution in [0.5, 0.6) is 0 Å². The lowest BCUT2D eigenvalue weighted by atomic mass is 9.94. The van der Waals surface area contributed by atoms with Gasteiger partial charge in [0.05, 0.1) is 12.2 Å². The number of aromatic nitrogens is 3. The topological polar surface area (TPSA) is 112 Å². The summed E-state index contributed by atoms with van der Waals surface area (Å²) in [5.41, 5.74) is 5.56. The first-order chi connectivity index (χ1) is 12.1. The number of anilines is 1. The number of fused-ring (bicyclic) bond motifs is 1. The molecule has 10 heteroatoms.